The van der Waals surface area contributed by atoms with E-state index in [4.69, 9.17) is 4.74 Å². The van der Waals surface area contributed by atoms with Gasteiger partial charge in [0, 0.05) is 30.1 Å². The highest BCUT2D eigenvalue weighted by Crippen LogP contribution is 2.26. The van der Waals surface area contributed by atoms with Crippen molar-refractivity contribution in [3.8, 4) is 11.1 Å². The van der Waals surface area contributed by atoms with Crippen molar-refractivity contribution in [3.05, 3.63) is 47.8 Å². The van der Waals surface area contributed by atoms with Gasteiger partial charge < -0.3 is 9.72 Å². The molecule has 0 bridgehead atoms. The fourth-order valence-electron chi connectivity index (χ4n) is 1.76. The zero-order valence-corrected chi connectivity index (χ0v) is 9.08. The monoisotopic (exact) mass is 201 g/mol. The van der Waals surface area contributed by atoms with Crippen LogP contribution >= 0.6 is 0 Å². The van der Waals surface area contributed by atoms with E-state index in [1.54, 1.807) is 7.11 Å². The number of hydrogen-bond acceptors (Lipinski definition) is 1. The molecule has 1 aromatic carbocycles. The molecule has 2 aromatic rings. The third kappa shape index (κ3) is 1.95. The molecule has 0 fully saturated rings. The van der Waals surface area contributed by atoms with Crippen molar-refractivity contribution in [2.75, 3.05) is 7.11 Å². The van der Waals surface area contributed by atoms with E-state index in [9.17, 15) is 0 Å². The molecule has 0 aliphatic rings. The minimum absolute atomic E-state index is 0.652. The Bertz CT molecular complexity index is 431. The second kappa shape index (κ2) is 4.32. The van der Waals surface area contributed by atoms with Crippen LogP contribution in [0, 0.1) is 6.92 Å². The van der Waals surface area contributed by atoms with Crippen LogP contribution in [0.1, 0.15) is 11.3 Å². The standard InChI is InChI=1S/C13H15NO/c1-10-13(9-15-2)12(8-14-10)11-6-4-3-5-7-11/h3-8,14H,9H2,1-2H3. The van der Waals surface area contributed by atoms with Crippen LogP contribution in [0.4, 0.5) is 0 Å². The maximum Gasteiger partial charge on any atom is 0.0736 e. The average Bonchev–Trinajstić information content (AvgIpc) is 2.63. The number of aryl methyl sites for hydroxylation is 1. The third-order valence-corrected chi connectivity index (χ3v) is 2.58. The van der Waals surface area contributed by atoms with Gasteiger partial charge in [0.25, 0.3) is 0 Å². The molecule has 0 unspecified atom stereocenters. The molecule has 1 heterocycles. The van der Waals surface area contributed by atoms with Crippen LogP contribution in [0.5, 0.6) is 0 Å². The van der Waals surface area contributed by atoms with E-state index in [1.807, 2.05) is 24.4 Å². The highest BCUT2D eigenvalue weighted by Gasteiger charge is 2.08. The van der Waals surface area contributed by atoms with Gasteiger partial charge in [-0.2, -0.15) is 0 Å². The molecule has 0 amide bonds. The van der Waals surface area contributed by atoms with Gasteiger partial charge >= 0.3 is 0 Å². The number of H-pyrrole nitrogens is 1. The number of benzene rings is 1. The molecule has 2 nitrogen and oxygen atoms in total. The molecule has 1 aromatic heterocycles. The van der Waals surface area contributed by atoms with Crippen molar-refractivity contribution < 1.29 is 4.74 Å². The average molecular weight is 201 g/mol. The first-order valence-electron chi connectivity index (χ1n) is 5.04. The summed E-state index contributed by atoms with van der Waals surface area (Å²) in [6.45, 7) is 2.72. The first kappa shape index (κ1) is 9.99. The second-order valence-electron chi connectivity index (χ2n) is 3.60. The first-order chi connectivity index (χ1) is 7.33. The smallest absolute Gasteiger partial charge is 0.0736 e. The lowest BCUT2D eigenvalue weighted by Crippen LogP contribution is -1.90. The largest absolute Gasteiger partial charge is 0.380 e. The molecule has 0 atom stereocenters. The van der Waals surface area contributed by atoms with Gasteiger partial charge in [-0.15, -0.1) is 0 Å². The van der Waals surface area contributed by atoms with Gasteiger partial charge in [0.15, 0.2) is 0 Å². The SMILES string of the molecule is COCc1c(-c2ccccc2)c[nH]c1C. The van der Waals surface area contributed by atoms with Crippen LogP contribution in [0.2, 0.25) is 0 Å². The first-order valence-corrected chi connectivity index (χ1v) is 5.04. The Hall–Kier alpha value is -1.54. The number of methoxy groups -OCH3 is 1. The summed E-state index contributed by atoms with van der Waals surface area (Å²) in [5.41, 5.74) is 4.88. The van der Waals surface area contributed by atoms with E-state index in [0.717, 1.165) is 0 Å². The van der Waals surface area contributed by atoms with Crippen LogP contribution in [-0.2, 0) is 11.3 Å². The number of aromatic amines is 1. The predicted molar refractivity (Wildman–Crippen MR) is 61.7 cm³/mol. The third-order valence-electron chi connectivity index (χ3n) is 2.58. The van der Waals surface area contributed by atoms with E-state index in [1.165, 1.54) is 22.4 Å². The van der Waals surface area contributed by atoms with Gasteiger partial charge in [-0.1, -0.05) is 30.3 Å². The fourth-order valence-corrected chi connectivity index (χ4v) is 1.76. The Morgan fingerprint density at radius 1 is 1.20 bits per heavy atom. The number of ether oxygens (including phenoxy) is 1. The van der Waals surface area contributed by atoms with Crippen molar-refractivity contribution in [1.29, 1.82) is 0 Å². The Balaban J connectivity index is 2.44. The summed E-state index contributed by atoms with van der Waals surface area (Å²) in [5, 5.41) is 0. The predicted octanol–water partition coefficient (Wildman–Crippen LogP) is 3.14. The van der Waals surface area contributed by atoms with Gasteiger partial charge in [-0.05, 0) is 12.5 Å². The van der Waals surface area contributed by atoms with Crippen LogP contribution in [0.3, 0.4) is 0 Å². The summed E-state index contributed by atoms with van der Waals surface area (Å²) in [7, 11) is 1.72. The maximum atomic E-state index is 5.21. The summed E-state index contributed by atoms with van der Waals surface area (Å²) in [4.78, 5) is 3.24. The van der Waals surface area contributed by atoms with Gasteiger partial charge in [-0.3, -0.25) is 0 Å². The second-order valence-corrected chi connectivity index (χ2v) is 3.60. The molecular weight excluding hydrogens is 186 g/mol. The van der Waals surface area contributed by atoms with E-state index in [0.29, 0.717) is 6.61 Å². The Labute approximate surface area is 89.9 Å². The van der Waals surface area contributed by atoms with E-state index >= 15 is 0 Å². The van der Waals surface area contributed by atoms with Crippen LogP contribution in [-0.4, -0.2) is 12.1 Å². The summed E-state index contributed by atoms with van der Waals surface area (Å²) in [5.74, 6) is 0. The lowest BCUT2D eigenvalue weighted by Gasteiger charge is -2.04. The number of aromatic nitrogens is 1. The molecule has 0 radical (unpaired) electrons. The molecule has 2 rings (SSSR count). The normalized spacial score (nSPS) is 10.5. The van der Waals surface area contributed by atoms with Gasteiger partial charge in [0.2, 0.25) is 0 Å². The molecular formula is C13H15NO. The Morgan fingerprint density at radius 3 is 2.60 bits per heavy atom. The maximum absolute atomic E-state index is 5.21. The topological polar surface area (TPSA) is 25.0 Å². The number of nitrogens with one attached hydrogen (secondary N) is 1. The van der Waals surface area contributed by atoms with Crippen molar-refractivity contribution in [3.63, 3.8) is 0 Å². The van der Waals surface area contributed by atoms with Gasteiger partial charge in [0.05, 0.1) is 6.61 Å². The lowest BCUT2D eigenvalue weighted by atomic mass is 10.0. The van der Waals surface area contributed by atoms with Crippen LogP contribution < -0.4 is 0 Å². The molecule has 0 saturated heterocycles. The highest BCUT2D eigenvalue weighted by molar-refractivity contribution is 5.67. The Kier molecular flexibility index (Phi) is 2.88. The number of hydrogen-bond donors (Lipinski definition) is 1. The van der Waals surface area contributed by atoms with Gasteiger partial charge in [0.1, 0.15) is 0 Å². The minimum Gasteiger partial charge on any atom is -0.380 e. The summed E-state index contributed by atoms with van der Waals surface area (Å²) in [6.07, 6.45) is 2.04. The van der Waals surface area contributed by atoms with Crippen LogP contribution in [0.25, 0.3) is 11.1 Å². The van der Waals surface area contributed by atoms with Gasteiger partial charge in [-0.25, -0.2) is 0 Å². The molecule has 1 N–H and O–H groups in total. The number of rotatable bonds is 3. The van der Waals surface area contributed by atoms with Crippen molar-refractivity contribution in [2.45, 2.75) is 13.5 Å². The molecule has 0 spiro atoms. The minimum atomic E-state index is 0.652. The molecule has 15 heavy (non-hydrogen) atoms. The molecule has 0 aliphatic carbocycles. The molecule has 78 valence electrons. The molecule has 0 aliphatic heterocycles. The van der Waals surface area contributed by atoms with Crippen molar-refractivity contribution in [2.24, 2.45) is 0 Å². The molecule has 0 saturated carbocycles. The van der Waals surface area contributed by atoms with Crippen molar-refractivity contribution >= 4 is 0 Å². The van der Waals surface area contributed by atoms with E-state index in [-0.39, 0.29) is 0 Å². The fraction of sp³-hybridized carbons (Fsp3) is 0.231. The zero-order valence-electron chi connectivity index (χ0n) is 9.08. The quantitative estimate of drug-likeness (QED) is 0.810. The summed E-state index contributed by atoms with van der Waals surface area (Å²) < 4.78 is 5.21. The van der Waals surface area contributed by atoms with E-state index < -0.39 is 0 Å². The van der Waals surface area contributed by atoms with E-state index in [2.05, 4.69) is 24.0 Å². The highest BCUT2D eigenvalue weighted by atomic mass is 16.5. The lowest BCUT2D eigenvalue weighted by molar-refractivity contribution is 0.185. The zero-order chi connectivity index (χ0) is 10.7. The van der Waals surface area contributed by atoms with Crippen LogP contribution in [0.15, 0.2) is 36.5 Å². The van der Waals surface area contributed by atoms with Crippen molar-refractivity contribution in [1.82, 2.24) is 4.98 Å². The molecule has 2 heteroatoms. The summed E-state index contributed by atoms with van der Waals surface area (Å²) >= 11 is 0. The Morgan fingerprint density at radius 2 is 1.93 bits per heavy atom. The summed E-state index contributed by atoms with van der Waals surface area (Å²) in [6, 6.07) is 10.4.